The number of H-pyrrole nitrogens is 1. The van der Waals surface area contributed by atoms with Gasteiger partial charge in [0.25, 0.3) is 0 Å². The molecule has 2 aromatic heterocycles. The van der Waals surface area contributed by atoms with E-state index in [0.29, 0.717) is 0 Å². The molecule has 2 heterocycles. The van der Waals surface area contributed by atoms with E-state index < -0.39 is 0 Å². The van der Waals surface area contributed by atoms with Crippen LogP contribution in [0.4, 0.5) is 0 Å². The zero-order chi connectivity index (χ0) is 9.97. The van der Waals surface area contributed by atoms with Gasteiger partial charge in [-0.3, -0.25) is 0 Å². The summed E-state index contributed by atoms with van der Waals surface area (Å²) in [5, 5.41) is 1.13. The summed E-state index contributed by atoms with van der Waals surface area (Å²) in [4.78, 5) is 7.37. The van der Waals surface area contributed by atoms with E-state index in [-0.39, 0.29) is 6.04 Å². The van der Waals surface area contributed by atoms with Crippen LogP contribution in [0.25, 0.3) is 11.0 Å². The van der Waals surface area contributed by atoms with Gasteiger partial charge in [-0.25, -0.2) is 4.98 Å². The maximum absolute atomic E-state index is 6.02. The third kappa shape index (κ3) is 1.63. The maximum atomic E-state index is 6.02. The van der Waals surface area contributed by atoms with Gasteiger partial charge in [-0.1, -0.05) is 13.3 Å². The van der Waals surface area contributed by atoms with Gasteiger partial charge in [0.2, 0.25) is 0 Å². The molecule has 0 aliphatic carbocycles. The predicted octanol–water partition coefficient (Wildman–Crippen LogP) is 2.36. The third-order valence-corrected chi connectivity index (χ3v) is 2.45. The molecule has 3 N–H and O–H groups in total. The first-order valence-electron chi connectivity index (χ1n) is 5.00. The summed E-state index contributed by atoms with van der Waals surface area (Å²) in [5.74, 6) is 0. The standard InChI is InChI=1S/C11H15N3/c1-2-3-10(12)9-6-8-4-5-13-11(8)14-7-9/h4-7,10H,2-3,12H2,1H3,(H,13,14)/t10-/m0/s1. The van der Waals surface area contributed by atoms with Crippen LogP contribution in [0, 0.1) is 0 Å². The molecule has 0 radical (unpaired) electrons. The van der Waals surface area contributed by atoms with Crippen molar-refractivity contribution in [2.75, 3.05) is 0 Å². The lowest BCUT2D eigenvalue weighted by Crippen LogP contribution is -2.09. The zero-order valence-corrected chi connectivity index (χ0v) is 8.33. The second kappa shape index (κ2) is 3.80. The normalized spacial score (nSPS) is 13.3. The van der Waals surface area contributed by atoms with Crippen molar-refractivity contribution in [3.8, 4) is 0 Å². The number of nitrogens with zero attached hydrogens (tertiary/aromatic N) is 1. The largest absolute Gasteiger partial charge is 0.346 e. The smallest absolute Gasteiger partial charge is 0.137 e. The Morgan fingerprint density at radius 1 is 1.57 bits per heavy atom. The summed E-state index contributed by atoms with van der Waals surface area (Å²) >= 11 is 0. The Hall–Kier alpha value is -1.35. The van der Waals surface area contributed by atoms with Crippen LogP contribution in [0.5, 0.6) is 0 Å². The minimum absolute atomic E-state index is 0.117. The average Bonchev–Trinajstić information content (AvgIpc) is 2.64. The van der Waals surface area contributed by atoms with Crippen molar-refractivity contribution >= 4 is 11.0 Å². The van der Waals surface area contributed by atoms with Gasteiger partial charge >= 0.3 is 0 Å². The molecule has 0 fully saturated rings. The highest BCUT2D eigenvalue weighted by atomic mass is 14.8. The summed E-state index contributed by atoms with van der Waals surface area (Å²) in [7, 11) is 0. The number of rotatable bonds is 3. The van der Waals surface area contributed by atoms with Crippen molar-refractivity contribution in [1.82, 2.24) is 9.97 Å². The average molecular weight is 189 g/mol. The number of hydrogen-bond donors (Lipinski definition) is 2. The molecule has 0 aliphatic heterocycles. The van der Waals surface area contributed by atoms with Crippen molar-refractivity contribution in [1.29, 1.82) is 0 Å². The number of hydrogen-bond acceptors (Lipinski definition) is 2. The van der Waals surface area contributed by atoms with Crippen molar-refractivity contribution in [3.63, 3.8) is 0 Å². The van der Waals surface area contributed by atoms with Crippen LogP contribution in [0.15, 0.2) is 24.5 Å². The molecule has 74 valence electrons. The van der Waals surface area contributed by atoms with E-state index in [1.54, 1.807) is 0 Å². The molecule has 0 unspecified atom stereocenters. The monoisotopic (exact) mass is 189 g/mol. The van der Waals surface area contributed by atoms with Gasteiger partial charge in [-0.15, -0.1) is 0 Å². The molecule has 2 rings (SSSR count). The van der Waals surface area contributed by atoms with E-state index in [1.165, 1.54) is 0 Å². The Labute approximate surface area is 83.3 Å². The van der Waals surface area contributed by atoms with Crippen LogP contribution < -0.4 is 5.73 Å². The SMILES string of the molecule is CCC[C@H](N)c1cnc2[nH]ccc2c1. The van der Waals surface area contributed by atoms with Crippen LogP contribution in [0.2, 0.25) is 0 Å². The number of pyridine rings is 1. The molecule has 0 bridgehead atoms. The van der Waals surface area contributed by atoms with E-state index in [2.05, 4.69) is 23.0 Å². The highest BCUT2D eigenvalue weighted by molar-refractivity contribution is 5.75. The fraction of sp³-hybridized carbons (Fsp3) is 0.364. The first kappa shape index (κ1) is 9.21. The van der Waals surface area contributed by atoms with Gasteiger partial charge in [0.15, 0.2) is 0 Å². The van der Waals surface area contributed by atoms with Gasteiger partial charge in [-0.05, 0) is 24.1 Å². The second-order valence-corrected chi connectivity index (χ2v) is 3.58. The topological polar surface area (TPSA) is 54.7 Å². The Bertz CT molecular complexity index is 419. The van der Waals surface area contributed by atoms with Gasteiger partial charge in [0.05, 0.1) is 0 Å². The Balaban J connectivity index is 2.33. The molecule has 0 amide bonds. The van der Waals surface area contributed by atoms with Crippen LogP contribution >= 0.6 is 0 Å². The highest BCUT2D eigenvalue weighted by Gasteiger charge is 2.06. The van der Waals surface area contributed by atoms with Gasteiger partial charge in [0, 0.05) is 23.8 Å². The summed E-state index contributed by atoms with van der Waals surface area (Å²) in [6.45, 7) is 2.14. The lowest BCUT2D eigenvalue weighted by molar-refractivity contribution is 0.637. The lowest BCUT2D eigenvalue weighted by Gasteiger charge is -2.09. The van der Waals surface area contributed by atoms with E-state index in [4.69, 9.17) is 5.73 Å². The van der Waals surface area contributed by atoms with Crippen LogP contribution in [-0.2, 0) is 0 Å². The Morgan fingerprint density at radius 2 is 2.43 bits per heavy atom. The number of fused-ring (bicyclic) bond motifs is 1. The van der Waals surface area contributed by atoms with E-state index >= 15 is 0 Å². The Kier molecular flexibility index (Phi) is 2.50. The van der Waals surface area contributed by atoms with Crippen molar-refractivity contribution in [2.45, 2.75) is 25.8 Å². The van der Waals surface area contributed by atoms with Crippen LogP contribution in [0.1, 0.15) is 31.4 Å². The molecule has 0 aliphatic rings. The third-order valence-electron chi connectivity index (χ3n) is 2.45. The van der Waals surface area contributed by atoms with Crippen molar-refractivity contribution in [2.24, 2.45) is 5.73 Å². The zero-order valence-electron chi connectivity index (χ0n) is 8.33. The fourth-order valence-electron chi connectivity index (χ4n) is 1.64. The van der Waals surface area contributed by atoms with Gasteiger partial charge in [-0.2, -0.15) is 0 Å². The fourth-order valence-corrected chi connectivity index (χ4v) is 1.64. The quantitative estimate of drug-likeness (QED) is 0.778. The molecule has 3 nitrogen and oxygen atoms in total. The van der Waals surface area contributed by atoms with E-state index in [1.807, 2.05) is 18.5 Å². The molecule has 2 aromatic rings. The summed E-state index contributed by atoms with van der Waals surface area (Å²) in [5.41, 5.74) is 8.07. The van der Waals surface area contributed by atoms with Gasteiger partial charge in [0.1, 0.15) is 5.65 Å². The molecular weight excluding hydrogens is 174 g/mol. The van der Waals surface area contributed by atoms with Crippen molar-refractivity contribution in [3.05, 3.63) is 30.1 Å². The number of aromatic nitrogens is 2. The molecule has 0 saturated carbocycles. The summed E-state index contributed by atoms with van der Waals surface area (Å²) in [6, 6.07) is 4.25. The van der Waals surface area contributed by atoms with Crippen LogP contribution in [0.3, 0.4) is 0 Å². The molecule has 0 saturated heterocycles. The highest BCUT2D eigenvalue weighted by Crippen LogP contribution is 2.18. The van der Waals surface area contributed by atoms with E-state index in [0.717, 1.165) is 29.4 Å². The number of nitrogens with two attached hydrogens (primary N) is 1. The Morgan fingerprint density at radius 3 is 3.21 bits per heavy atom. The number of aromatic amines is 1. The van der Waals surface area contributed by atoms with Crippen molar-refractivity contribution < 1.29 is 0 Å². The molecular formula is C11H15N3. The molecule has 1 atom stereocenters. The summed E-state index contributed by atoms with van der Waals surface area (Å²) < 4.78 is 0. The minimum Gasteiger partial charge on any atom is -0.346 e. The van der Waals surface area contributed by atoms with Crippen LogP contribution in [-0.4, -0.2) is 9.97 Å². The number of nitrogens with one attached hydrogen (secondary N) is 1. The van der Waals surface area contributed by atoms with E-state index in [9.17, 15) is 0 Å². The molecule has 3 heteroatoms. The summed E-state index contributed by atoms with van der Waals surface area (Å²) in [6.07, 6.45) is 5.87. The minimum atomic E-state index is 0.117. The molecule has 0 spiro atoms. The second-order valence-electron chi connectivity index (χ2n) is 3.58. The van der Waals surface area contributed by atoms with Gasteiger partial charge < -0.3 is 10.7 Å². The first-order valence-corrected chi connectivity index (χ1v) is 5.00. The molecule has 0 aromatic carbocycles. The molecule has 14 heavy (non-hydrogen) atoms. The predicted molar refractivity (Wildman–Crippen MR) is 57.9 cm³/mol. The lowest BCUT2D eigenvalue weighted by atomic mass is 10.0. The first-order chi connectivity index (χ1) is 6.81. The maximum Gasteiger partial charge on any atom is 0.137 e.